The quantitative estimate of drug-likeness (QED) is 0.852. The zero-order valence-corrected chi connectivity index (χ0v) is 10.7. The molecule has 2 rings (SSSR count). The second-order valence-corrected chi connectivity index (χ2v) is 6.04. The molecule has 0 amide bonds. The van der Waals surface area contributed by atoms with Gasteiger partial charge in [0.05, 0.1) is 0 Å². The number of rotatable bonds is 3. The molecule has 1 aromatic heterocycles. The van der Waals surface area contributed by atoms with Crippen molar-refractivity contribution in [3.05, 3.63) is 22.4 Å². The number of hydrogen-bond donors (Lipinski definition) is 2. The molecule has 1 atom stereocenters. The van der Waals surface area contributed by atoms with E-state index in [1.165, 1.54) is 19.3 Å². The summed E-state index contributed by atoms with van der Waals surface area (Å²) in [5.41, 5.74) is 5.09. The van der Waals surface area contributed by atoms with Crippen molar-refractivity contribution in [1.82, 2.24) is 0 Å². The Bertz CT molecular complexity index is 326. The molecule has 1 aromatic rings. The molecule has 2 nitrogen and oxygen atoms in total. The Labute approximate surface area is 101 Å². The van der Waals surface area contributed by atoms with Gasteiger partial charge in [-0.25, -0.2) is 0 Å². The van der Waals surface area contributed by atoms with Crippen molar-refractivity contribution in [2.45, 2.75) is 44.6 Å². The summed E-state index contributed by atoms with van der Waals surface area (Å²) in [6.45, 7) is 2.52. The van der Waals surface area contributed by atoms with E-state index in [4.69, 9.17) is 5.73 Å². The fourth-order valence-electron chi connectivity index (χ4n) is 2.94. The molecule has 3 N–H and O–H groups in total. The van der Waals surface area contributed by atoms with Crippen LogP contribution in [0.4, 0.5) is 0 Å². The monoisotopic (exact) mass is 239 g/mol. The Balaban J connectivity index is 2.32. The van der Waals surface area contributed by atoms with Gasteiger partial charge in [0.15, 0.2) is 0 Å². The van der Waals surface area contributed by atoms with Gasteiger partial charge in [-0.2, -0.15) is 0 Å². The van der Waals surface area contributed by atoms with Gasteiger partial charge in [0, 0.05) is 16.8 Å². The van der Waals surface area contributed by atoms with E-state index >= 15 is 0 Å². The average molecular weight is 239 g/mol. The van der Waals surface area contributed by atoms with Crippen LogP contribution in [0.1, 0.15) is 43.9 Å². The number of thiophene rings is 1. The summed E-state index contributed by atoms with van der Waals surface area (Å²) >= 11 is 1.63. The Kier molecular flexibility index (Phi) is 3.38. The van der Waals surface area contributed by atoms with Crippen molar-refractivity contribution in [3.8, 4) is 0 Å². The largest absolute Gasteiger partial charge is 0.384 e. The first-order chi connectivity index (χ1) is 7.62. The number of nitrogens with two attached hydrogens (primary N) is 1. The van der Waals surface area contributed by atoms with Crippen molar-refractivity contribution < 1.29 is 5.11 Å². The van der Waals surface area contributed by atoms with Crippen molar-refractivity contribution in [3.63, 3.8) is 0 Å². The van der Waals surface area contributed by atoms with Crippen molar-refractivity contribution >= 4 is 11.3 Å². The normalized spacial score (nSPS) is 23.9. The summed E-state index contributed by atoms with van der Waals surface area (Å²) in [5, 5.41) is 12.9. The van der Waals surface area contributed by atoms with Gasteiger partial charge < -0.3 is 10.8 Å². The lowest BCUT2D eigenvalue weighted by molar-refractivity contribution is -0.0892. The van der Waals surface area contributed by atoms with Crippen LogP contribution in [-0.4, -0.2) is 11.7 Å². The third-order valence-electron chi connectivity index (χ3n) is 4.24. The highest BCUT2D eigenvalue weighted by atomic mass is 32.1. The summed E-state index contributed by atoms with van der Waals surface area (Å²) in [4.78, 5) is 1.06. The van der Waals surface area contributed by atoms with Gasteiger partial charge in [-0.1, -0.05) is 25.3 Å². The SMILES string of the molecule is CC(O)(c1cccs1)C1(CN)CCCCC1. The van der Waals surface area contributed by atoms with E-state index in [-0.39, 0.29) is 5.41 Å². The summed E-state index contributed by atoms with van der Waals surface area (Å²) in [7, 11) is 0. The highest BCUT2D eigenvalue weighted by molar-refractivity contribution is 7.10. The van der Waals surface area contributed by atoms with Crippen LogP contribution in [0.2, 0.25) is 0 Å². The molecule has 1 saturated carbocycles. The molecule has 0 aromatic carbocycles. The first-order valence-corrected chi connectivity index (χ1v) is 6.97. The number of aliphatic hydroxyl groups is 1. The van der Waals surface area contributed by atoms with Crippen LogP contribution >= 0.6 is 11.3 Å². The molecule has 16 heavy (non-hydrogen) atoms. The first-order valence-electron chi connectivity index (χ1n) is 6.09. The summed E-state index contributed by atoms with van der Waals surface area (Å²) < 4.78 is 0. The molecule has 3 heteroatoms. The number of hydrogen-bond acceptors (Lipinski definition) is 3. The molecule has 1 fully saturated rings. The molecule has 0 radical (unpaired) electrons. The van der Waals surface area contributed by atoms with Crippen molar-refractivity contribution in [2.75, 3.05) is 6.54 Å². The van der Waals surface area contributed by atoms with E-state index in [0.29, 0.717) is 6.54 Å². The average Bonchev–Trinajstić information content (AvgIpc) is 2.84. The molecule has 0 saturated heterocycles. The maximum absolute atomic E-state index is 10.9. The Morgan fingerprint density at radius 2 is 2.12 bits per heavy atom. The van der Waals surface area contributed by atoms with Crippen LogP contribution in [0.3, 0.4) is 0 Å². The van der Waals surface area contributed by atoms with Gasteiger partial charge in [0.25, 0.3) is 0 Å². The van der Waals surface area contributed by atoms with Crippen LogP contribution in [0.5, 0.6) is 0 Å². The predicted octanol–water partition coefficient (Wildman–Crippen LogP) is 2.86. The molecule has 1 unspecified atom stereocenters. The van der Waals surface area contributed by atoms with E-state index in [0.717, 1.165) is 17.7 Å². The van der Waals surface area contributed by atoms with E-state index in [2.05, 4.69) is 0 Å². The predicted molar refractivity (Wildman–Crippen MR) is 68.5 cm³/mol. The molecular formula is C13H21NOS. The van der Waals surface area contributed by atoms with E-state index < -0.39 is 5.60 Å². The lowest BCUT2D eigenvalue weighted by Gasteiger charge is -2.47. The van der Waals surface area contributed by atoms with Crippen LogP contribution in [-0.2, 0) is 5.60 Å². The Hall–Kier alpha value is -0.380. The maximum atomic E-state index is 10.9. The highest BCUT2D eigenvalue weighted by Crippen LogP contribution is 2.50. The van der Waals surface area contributed by atoms with Gasteiger partial charge in [0.2, 0.25) is 0 Å². The fourth-order valence-corrected chi connectivity index (χ4v) is 3.84. The first kappa shape index (κ1) is 12.1. The van der Waals surface area contributed by atoms with Crippen LogP contribution < -0.4 is 5.73 Å². The second kappa shape index (κ2) is 4.47. The molecule has 0 bridgehead atoms. The van der Waals surface area contributed by atoms with Crippen molar-refractivity contribution in [2.24, 2.45) is 11.1 Å². The third-order valence-corrected chi connectivity index (χ3v) is 5.32. The highest BCUT2D eigenvalue weighted by Gasteiger charge is 2.47. The van der Waals surface area contributed by atoms with E-state index in [9.17, 15) is 5.11 Å². The maximum Gasteiger partial charge on any atom is 0.103 e. The van der Waals surface area contributed by atoms with Crippen LogP contribution in [0.15, 0.2) is 17.5 Å². The smallest absolute Gasteiger partial charge is 0.103 e. The third kappa shape index (κ3) is 1.81. The van der Waals surface area contributed by atoms with Gasteiger partial charge in [-0.05, 0) is 31.2 Å². The lowest BCUT2D eigenvalue weighted by Crippen LogP contribution is -2.49. The van der Waals surface area contributed by atoms with E-state index in [1.54, 1.807) is 11.3 Å². The van der Waals surface area contributed by atoms with Crippen LogP contribution in [0, 0.1) is 5.41 Å². The molecule has 90 valence electrons. The Morgan fingerprint density at radius 3 is 2.62 bits per heavy atom. The van der Waals surface area contributed by atoms with Gasteiger partial charge in [0.1, 0.15) is 5.60 Å². The van der Waals surface area contributed by atoms with Gasteiger partial charge in [-0.3, -0.25) is 0 Å². The van der Waals surface area contributed by atoms with Crippen LogP contribution in [0.25, 0.3) is 0 Å². The summed E-state index contributed by atoms with van der Waals surface area (Å²) in [5.74, 6) is 0. The standard InChI is InChI=1S/C13H21NOS/c1-12(15,11-6-5-9-16-11)13(10-14)7-3-2-4-8-13/h5-6,9,15H,2-4,7-8,10,14H2,1H3. The molecular weight excluding hydrogens is 218 g/mol. The van der Waals surface area contributed by atoms with Gasteiger partial charge >= 0.3 is 0 Å². The van der Waals surface area contributed by atoms with Gasteiger partial charge in [-0.15, -0.1) is 11.3 Å². The zero-order chi connectivity index (χ0) is 11.6. The molecule has 1 heterocycles. The minimum atomic E-state index is -0.768. The lowest BCUT2D eigenvalue weighted by atomic mass is 9.63. The molecule has 0 spiro atoms. The Morgan fingerprint density at radius 1 is 1.44 bits per heavy atom. The summed E-state index contributed by atoms with van der Waals surface area (Å²) in [6, 6.07) is 4.03. The topological polar surface area (TPSA) is 46.2 Å². The minimum absolute atomic E-state index is 0.115. The zero-order valence-electron chi connectivity index (χ0n) is 9.91. The molecule has 1 aliphatic rings. The molecule has 1 aliphatic carbocycles. The summed E-state index contributed by atoms with van der Waals surface area (Å²) in [6.07, 6.45) is 5.77. The molecule has 0 aliphatic heterocycles. The second-order valence-electron chi connectivity index (χ2n) is 5.09. The van der Waals surface area contributed by atoms with E-state index in [1.807, 2.05) is 24.4 Å². The fraction of sp³-hybridized carbons (Fsp3) is 0.692. The van der Waals surface area contributed by atoms with Crippen molar-refractivity contribution in [1.29, 1.82) is 0 Å². The minimum Gasteiger partial charge on any atom is -0.384 e.